The van der Waals surface area contributed by atoms with Crippen molar-refractivity contribution in [3.63, 3.8) is 0 Å². The summed E-state index contributed by atoms with van der Waals surface area (Å²) in [5.41, 5.74) is -0.638. The molecule has 1 aliphatic heterocycles. The highest BCUT2D eigenvalue weighted by Gasteiger charge is 2.52. The van der Waals surface area contributed by atoms with E-state index in [1.54, 1.807) is 20.8 Å². The Labute approximate surface area is 81.1 Å². The second kappa shape index (κ2) is 3.36. The van der Waals surface area contributed by atoms with Gasteiger partial charge in [0.15, 0.2) is 0 Å². The van der Waals surface area contributed by atoms with Crippen molar-refractivity contribution in [3.8, 4) is 0 Å². The van der Waals surface area contributed by atoms with E-state index in [1.165, 1.54) is 4.90 Å². The molecule has 1 nitrogen and oxygen atoms in total. The van der Waals surface area contributed by atoms with Crippen LogP contribution in [-0.4, -0.2) is 35.4 Å². The normalized spacial score (nSPS) is 31.1. The summed E-state index contributed by atoms with van der Waals surface area (Å²) in [5.74, 6) is 0. The van der Waals surface area contributed by atoms with Gasteiger partial charge < -0.3 is 0 Å². The van der Waals surface area contributed by atoms with Crippen LogP contribution in [0.15, 0.2) is 0 Å². The molecule has 1 unspecified atom stereocenters. The number of likely N-dealkylation sites (tertiary alicyclic amines) is 1. The molecule has 14 heavy (non-hydrogen) atoms. The molecule has 1 rings (SSSR count). The highest BCUT2D eigenvalue weighted by molar-refractivity contribution is 4.95. The molecule has 1 aliphatic rings. The molecular formula is C9H15F4N. The van der Waals surface area contributed by atoms with Gasteiger partial charge in [-0.1, -0.05) is 0 Å². The minimum absolute atomic E-state index is 0.117. The summed E-state index contributed by atoms with van der Waals surface area (Å²) in [6.07, 6.45) is -6.12. The molecule has 0 saturated carbocycles. The van der Waals surface area contributed by atoms with E-state index in [4.69, 9.17) is 0 Å². The average molecular weight is 213 g/mol. The predicted octanol–water partition coefficient (Wildman–Crippen LogP) is 2.76. The van der Waals surface area contributed by atoms with E-state index in [0.717, 1.165) is 0 Å². The van der Waals surface area contributed by atoms with Gasteiger partial charge >= 0.3 is 6.18 Å². The molecule has 1 heterocycles. The van der Waals surface area contributed by atoms with E-state index in [2.05, 4.69) is 0 Å². The largest absolute Gasteiger partial charge is 0.404 e. The fourth-order valence-electron chi connectivity index (χ4n) is 1.84. The fourth-order valence-corrected chi connectivity index (χ4v) is 1.84. The lowest BCUT2D eigenvalue weighted by atomic mass is 10.0. The third-order valence-electron chi connectivity index (χ3n) is 2.49. The van der Waals surface area contributed by atoms with Crippen LogP contribution in [0.3, 0.4) is 0 Å². The zero-order chi connectivity index (χ0) is 11.1. The van der Waals surface area contributed by atoms with E-state index in [9.17, 15) is 17.6 Å². The molecule has 1 saturated heterocycles. The number of rotatable bonds is 0. The Hall–Kier alpha value is -0.320. The minimum Gasteiger partial charge on any atom is -0.284 e. The standard InChI is InChI=1S/C9H15F4N/c1-8(2,3)14-5-6(10)4-7(14)9(11,12)13/h6-7H,4-5H2,1-3H3/t6?,7-/m1/s1. The van der Waals surface area contributed by atoms with Crippen LogP contribution in [-0.2, 0) is 0 Å². The number of hydrogen-bond donors (Lipinski definition) is 0. The van der Waals surface area contributed by atoms with Gasteiger partial charge in [0.2, 0.25) is 0 Å². The zero-order valence-corrected chi connectivity index (χ0v) is 8.53. The maximum atomic E-state index is 12.9. The lowest BCUT2D eigenvalue weighted by molar-refractivity contribution is -0.186. The Morgan fingerprint density at radius 2 is 1.64 bits per heavy atom. The number of halogens is 4. The summed E-state index contributed by atoms with van der Waals surface area (Å²) in [4.78, 5) is 1.19. The zero-order valence-electron chi connectivity index (χ0n) is 8.53. The third kappa shape index (κ3) is 2.38. The molecule has 2 atom stereocenters. The molecule has 0 aromatic rings. The SMILES string of the molecule is CC(C)(C)N1CC(F)C[C@@H]1C(F)(F)F. The summed E-state index contributed by atoms with van der Waals surface area (Å²) in [6.45, 7) is 4.89. The highest BCUT2D eigenvalue weighted by atomic mass is 19.4. The van der Waals surface area contributed by atoms with E-state index in [1.807, 2.05) is 0 Å². The number of alkyl halides is 4. The fraction of sp³-hybridized carbons (Fsp3) is 1.00. The van der Waals surface area contributed by atoms with Crippen LogP contribution in [0.1, 0.15) is 27.2 Å². The summed E-state index contributed by atoms with van der Waals surface area (Å²) in [5, 5.41) is 0. The van der Waals surface area contributed by atoms with Gasteiger partial charge in [-0.25, -0.2) is 4.39 Å². The molecule has 0 amide bonds. The second-order valence-corrected chi connectivity index (χ2v) is 4.71. The molecule has 0 bridgehead atoms. The van der Waals surface area contributed by atoms with E-state index >= 15 is 0 Å². The van der Waals surface area contributed by atoms with Crippen LogP contribution < -0.4 is 0 Å². The summed E-state index contributed by atoms with van der Waals surface area (Å²) in [6, 6.07) is -1.63. The Morgan fingerprint density at radius 1 is 1.14 bits per heavy atom. The molecule has 0 spiro atoms. The first kappa shape index (κ1) is 11.8. The Morgan fingerprint density at radius 3 is 1.93 bits per heavy atom. The maximum absolute atomic E-state index is 12.9. The summed E-state index contributed by atoms with van der Waals surface area (Å²) in [7, 11) is 0. The van der Waals surface area contributed by atoms with Crippen molar-refractivity contribution < 1.29 is 17.6 Å². The average Bonchev–Trinajstić information content (AvgIpc) is 2.27. The van der Waals surface area contributed by atoms with Crippen molar-refractivity contribution in [2.24, 2.45) is 0 Å². The van der Waals surface area contributed by atoms with E-state index in [0.29, 0.717) is 0 Å². The van der Waals surface area contributed by atoms with Crippen molar-refractivity contribution in [1.82, 2.24) is 4.90 Å². The molecule has 5 heteroatoms. The Kier molecular flexibility index (Phi) is 2.82. The Balaban J connectivity index is 2.84. The van der Waals surface area contributed by atoms with Crippen molar-refractivity contribution >= 4 is 0 Å². The lowest BCUT2D eigenvalue weighted by Crippen LogP contribution is -2.50. The second-order valence-electron chi connectivity index (χ2n) is 4.71. The minimum atomic E-state index is -4.33. The topological polar surface area (TPSA) is 3.24 Å². The smallest absolute Gasteiger partial charge is 0.284 e. The molecule has 0 aliphatic carbocycles. The maximum Gasteiger partial charge on any atom is 0.404 e. The van der Waals surface area contributed by atoms with Crippen molar-refractivity contribution in [1.29, 1.82) is 0 Å². The molecule has 1 fully saturated rings. The first-order valence-electron chi connectivity index (χ1n) is 4.60. The van der Waals surface area contributed by atoms with Crippen LogP contribution in [0, 0.1) is 0 Å². The van der Waals surface area contributed by atoms with Crippen LogP contribution in [0.2, 0.25) is 0 Å². The van der Waals surface area contributed by atoms with Crippen LogP contribution >= 0.6 is 0 Å². The van der Waals surface area contributed by atoms with E-state index in [-0.39, 0.29) is 6.54 Å². The predicted molar refractivity (Wildman–Crippen MR) is 45.8 cm³/mol. The van der Waals surface area contributed by atoms with Crippen LogP contribution in [0.4, 0.5) is 17.6 Å². The Bertz CT molecular complexity index is 184. The number of nitrogens with zero attached hydrogens (tertiary/aromatic N) is 1. The highest BCUT2D eigenvalue weighted by Crippen LogP contribution is 2.37. The van der Waals surface area contributed by atoms with Crippen molar-refractivity contribution in [3.05, 3.63) is 0 Å². The summed E-state index contributed by atoms with van der Waals surface area (Å²) < 4.78 is 50.5. The monoisotopic (exact) mass is 213 g/mol. The van der Waals surface area contributed by atoms with Gasteiger partial charge in [-0.05, 0) is 20.8 Å². The molecule has 84 valence electrons. The lowest BCUT2D eigenvalue weighted by Gasteiger charge is -2.37. The first-order chi connectivity index (χ1) is 6.12. The quantitative estimate of drug-likeness (QED) is 0.559. The molecule has 0 aromatic carbocycles. The van der Waals surface area contributed by atoms with Gasteiger partial charge in [-0.3, -0.25) is 4.90 Å². The van der Waals surface area contributed by atoms with Gasteiger partial charge in [-0.15, -0.1) is 0 Å². The van der Waals surface area contributed by atoms with Gasteiger partial charge in [0.05, 0.1) is 0 Å². The van der Waals surface area contributed by atoms with E-state index < -0.39 is 30.3 Å². The molecule has 0 aromatic heterocycles. The van der Waals surface area contributed by atoms with Gasteiger partial charge in [0.1, 0.15) is 12.2 Å². The third-order valence-corrected chi connectivity index (χ3v) is 2.49. The summed E-state index contributed by atoms with van der Waals surface area (Å²) >= 11 is 0. The van der Waals surface area contributed by atoms with Gasteiger partial charge in [-0.2, -0.15) is 13.2 Å². The first-order valence-corrected chi connectivity index (χ1v) is 4.60. The van der Waals surface area contributed by atoms with Gasteiger partial charge in [0, 0.05) is 18.5 Å². The van der Waals surface area contributed by atoms with Gasteiger partial charge in [0.25, 0.3) is 0 Å². The molecular weight excluding hydrogens is 198 g/mol. The molecule has 0 N–H and O–H groups in total. The van der Waals surface area contributed by atoms with Crippen LogP contribution in [0.5, 0.6) is 0 Å². The number of hydrogen-bond acceptors (Lipinski definition) is 1. The van der Waals surface area contributed by atoms with Crippen LogP contribution in [0.25, 0.3) is 0 Å². The van der Waals surface area contributed by atoms with Crippen molar-refractivity contribution in [2.45, 2.75) is 51.1 Å². The molecule has 0 radical (unpaired) electrons. The van der Waals surface area contributed by atoms with Crippen molar-refractivity contribution in [2.75, 3.05) is 6.54 Å².